The summed E-state index contributed by atoms with van der Waals surface area (Å²) in [5.41, 5.74) is 5.04. The van der Waals surface area contributed by atoms with Crippen LogP contribution in [-0.4, -0.2) is 27.0 Å². The number of rotatable bonds is 3. The molecule has 0 unspecified atom stereocenters. The maximum Gasteiger partial charge on any atom is 0.286 e. The Bertz CT molecular complexity index is 914. The highest BCUT2D eigenvalue weighted by atomic mass is 16.2. The van der Waals surface area contributed by atoms with Crippen molar-refractivity contribution >= 4 is 22.6 Å². The molecule has 8 heteroatoms. The number of hydrogen-bond donors (Lipinski definition) is 4. The largest absolute Gasteiger partial charge is 0.357 e. The van der Waals surface area contributed by atoms with E-state index in [1.54, 1.807) is 42.6 Å². The van der Waals surface area contributed by atoms with Crippen molar-refractivity contribution in [3.8, 4) is 0 Å². The lowest BCUT2D eigenvalue weighted by molar-refractivity contribution is -0.121. The lowest BCUT2D eigenvalue weighted by Crippen LogP contribution is -2.42. The van der Waals surface area contributed by atoms with E-state index in [1.165, 1.54) is 0 Å². The number of nitrogens with zero attached hydrogens (tertiary/aromatic N) is 1. The van der Waals surface area contributed by atoms with Crippen molar-refractivity contribution in [3.63, 3.8) is 0 Å². The van der Waals surface area contributed by atoms with Gasteiger partial charge in [0.2, 0.25) is 5.91 Å². The summed E-state index contributed by atoms with van der Waals surface area (Å²) >= 11 is 0. The van der Waals surface area contributed by atoms with Gasteiger partial charge in [0.05, 0.1) is 17.5 Å². The Morgan fingerprint density at radius 2 is 1.83 bits per heavy atom. The minimum Gasteiger partial charge on any atom is -0.357 e. The second-order valence-corrected chi connectivity index (χ2v) is 4.81. The molecule has 0 aliphatic carbocycles. The molecule has 0 saturated heterocycles. The Morgan fingerprint density at radius 3 is 2.57 bits per heavy atom. The standard InChI is InChI=1S/C15H13N5O3/c21-13(18-20-15(23)11-6-3-7-16-11)8-12-9-4-1-2-5-10(9)14(22)19-17-12/h1-7,16H,8H2,(H,18,21)(H,19,22)(H,20,23). The van der Waals surface area contributed by atoms with Gasteiger partial charge in [0, 0.05) is 11.6 Å². The summed E-state index contributed by atoms with van der Waals surface area (Å²) in [5.74, 6) is -0.905. The highest BCUT2D eigenvalue weighted by molar-refractivity contribution is 5.94. The quantitative estimate of drug-likeness (QED) is 0.518. The lowest BCUT2D eigenvalue weighted by Gasteiger charge is -2.07. The zero-order chi connectivity index (χ0) is 16.2. The summed E-state index contributed by atoms with van der Waals surface area (Å²) in [7, 11) is 0. The predicted molar refractivity (Wildman–Crippen MR) is 82.5 cm³/mol. The lowest BCUT2D eigenvalue weighted by atomic mass is 10.1. The van der Waals surface area contributed by atoms with Crippen molar-refractivity contribution in [2.24, 2.45) is 0 Å². The number of carbonyl (C=O) groups excluding carboxylic acids is 2. The molecule has 8 nitrogen and oxygen atoms in total. The Hall–Kier alpha value is -3.42. The number of aromatic amines is 2. The number of fused-ring (bicyclic) bond motifs is 1. The molecule has 2 heterocycles. The minimum atomic E-state index is -0.456. The fraction of sp³-hybridized carbons (Fsp3) is 0.0667. The third kappa shape index (κ3) is 3.10. The van der Waals surface area contributed by atoms with Gasteiger partial charge in [-0.3, -0.25) is 25.2 Å². The third-order valence-electron chi connectivity index (χ3n) is 3.26. The summed E-state index contributed by atoms with van der Waals surface area (Å²) in [6, 6.07) is 10.1. The number of amides is 2. The summed E-state index contributed by atoms with van der Waals surface area (Å²) in [5, 5.41) is 7.32. The smallest absolute Gasteiger partial charge is 0.286 e. The van der Waals surface area contributed by atoms with Crippen LogP contribution in [0.15, 0.2) is 47.4 Å². The molecule has 23 heavy (non-hydrogen) atoms. The van der Waals surface area contributed by atoms with E-state index in [4.69, 9.17) is 0 Å². The molecule has 2 aromatic heterocycles. The predicted octanol–water partition coefficient (Wildman–Crippen LogP) is 0.255. The van der Waals surface area contributed by atoms with E-state index in [-0.39, 0.29) is 12.0 Å². The molecule has 4 N–H and O–H groups in total. The normalized spacial score (nSPS) is 10.4. The molecule has 0 atom stereocenters. The summed E-state index contributed by atoms with van der Waals surface area (Å²) < 4.78 is 0. The van der Waals surface area contributed by atoms with E-state index in [1.807, 2.05) is 0 Å². The zero-order valence-electron chi connectivity index (χ0n) is 11.9. The van der Waals surface area contributed by atoms with Crippen molar-refractivity contribution in [1.29, 1.82) is 0 Å². The van der Waals surface area contributed by atoms with Crippen LogP contribution in [0, 0.1) is 0 Å². The van der Waals surface area contributed by atoms with E-state index in [0.29, 0.717) is 22.2 Å². The van der Waals surface area contributed by atoms with Crippen LogP contribution >= 0.6 is 0 Å². The number of carbonyl (C=O) groups is 2. The van der Waals surface area contributed by atoms with Crippen LogP contribution in [0.4, 0.5) is 0 Å². The minimum absolute atomic E-state index is 0.0811. The molecule has 0 saturated carbocycles. The summed E-state index contributed by atoms with van der Waals surface area (Å²) in [4.78, 5) is 38.1. The first-order chi connectivity index (χ1) is 11.1. The van der Waals surface area contributed by atoms with Gasteiger partial charge < -0.3 is 4.98 Å². The van der Waals surface area contributed by atoms with Gasteiger partial charge in [0.1, 0.15) is 5.69 Å². The number of hydrogen-bond acceptors (Lipinski definition) is 4. The fourth-order valence-electron chi connectivity index (χ4n) is 2.17. The number of aromatic nitrogens is 3. The highest BCUT2D eigenvalue weighted by Gasteiger charge is 2.12. The highest BCUT2D eigenvalue weighted by Crippen LogP contribution is 2.12. The average molecular weight is 311 g/mol. The van der Waals surface area contributed by atoms with Gasteiger partial charge in [-0.2, -0.15) is 5.10 Å². The molecular weight excluding hydrogens is 298 g/mol. The van der Waals surface area contributed by atoms with Crippen LogP contribution in [0.25, 0.3) is 10.8 Å². The third-order valence-corrected chi connectivity index (χ3v) is 3.26. The molecule has 3 rings (SSSR count). The number of hydrazine groups is 1. The number of H-pyrrole nitrogens is 2. The van der Waals surface area contributed by atoms with Gasteiger partial charge in [-0.25, -0.2) is 5.10 Å². The van der Waals surface area contributed by atoms with Gasteiger partial charge in [-0.1, -0.05) is 18.2 Å². The Labute approximate surface area is 129 Å². The van der Waals surface area contributed by atoms with Crippen molar-refractivity contribution in [2.45, 2.75) is 6.42 Å². The van der Waals surface area contributed by atoms with Crippen molar-refractivity contribution < 1.29 is 9.59 Å². The molecule has 0 aliphatic heterocycles. The van der Waals surface area contributed by atoms with Crippen LogP contribution in [-0.2, 0) is 11.2 Å². The van der Waals surface area contributed by atoms with Gasteiger partial charge >= 0.3 is 0 Å². The van der Waals surface area contributed by atoms with Crippen LogP contribution in [0.3, 0.4) is 0 Å². The Balaban J connectivity index is 1.70. The van der Waals surface area contributed by atoms with E-state index in [9.17, 15) is 14.4 Å². The molecule has 0 fully saturated rings. The van der Waals surface area contributed by atoms with Crippen molar-refractivity contribution in [2.75, 3.05) is 0 Å². The first-order valence-electron chi connectivity index (χ1n) is 6.84. The zero-order valence-corrected chi connectivity index (χ0v) is 11.9. The van der Waals surface area contributed by atoms with Gasteiger partial charge in [0.15, 0.2) is 0 Å². The first kappa shape index (κ1) is 14.5. The second-order valence-electron chi connectivity index (χ2n) is 4.81. The van der Waals surface area contributed by atoms with E-state index < -0.39 is 11.8 Å². The van der Waals surface area contributed by atoms with E-state index >= 15 is 0 Å². The molecule has 0 spiro atoms. The maximum atomic E-state index is 11.9. The fourth-order valence-corrected chi connectivity index (χ4v) is 2.17. The molecule has 116 valence electrons. The molecule has 3 aromatic rings. The van der Waals surface area contributed by atoms with Crippen molar-refractivity contribution in [1.82, 2.24) is 26.0 Å². The molecular formula is C15H13N5O3. The topological polar surface area (TPSA) is 120 Å². The average Bonchev–Trinajstić information content (AvgIpc) is 3.10. The molecule has 0 radical (unpaired) electrons. The number of nitrogens with one attached hydrogen (secondary N) is 4. The Kier molecular flexibility index (Phi) is 3.88. The Morgan fingerprint density at radius 1 is 1.04 bits per heavy atom. The molecule has 1 aromatic carbocycles. The molecule has 0 aliphatic rings. The summed E-state index contributed by atoms with van der Waals surface area (Å²) in [6.07, 6.45) is 1.52. The van der Waals surface area contributed by atoms with E-state index in [2.05, 4.69) is 26.0 Å². The molecule has 0 bridgehead atoms. The summed E-state index contributed by atoms with van der Waals surface area (Å²) in [6.45, 7) is 0. The van der Waals surface area contributed by atoms with Gasteiger partial charge in [-0.15, -0.1) is 0 Å². The van der Waals surface area contributed by atoms with Crippen LogP contribution in [0.5, 0.6) is 0 Å². The maximum absolute atomic E-state index is 11.9. The first-order valence-corrected chi connectivity index (χ1v) is 6.84. The van der Waals surface area contributed by atoms with Gasteiger partial charge in [-0.05, 0) is 18.2 Å². The van der Waals surface area contributed by atoms with Crippen LogP contribution in [0.2, 0.25) is 0 Å². The molecule has 2 amide bonds. The monoisotopic (exact) mass is 311 g/mol. The van der Waals surface area contributed by atoms with Crippen LogP contribution in [0.1, 0.15) is 16.2 Å². The van der Waals surface area contributed by atoms with Crippen LogP contribution < -0.4 is 16.4 Å². The SMILES string of the molecule is O=C(Cc1n[nH]c(=O)c2ccccc12)NNC(=O)c1ccc[nH]1. The second kappa shape index (κ2) is 6.14. The number of benzene rings is 1. The van der Waals surface area contributed by atoms with Crippen molar-refractivity contribution in [3.05, 3.63) is 64.3 Å². The van der Waals surface area contributed by atoms with Gasteiger partial charge in [0.25, 0.3) is 11.5 Å². The van der Waals surface area contributed by atoms with E-state index in [0.717, 1.165) is 0 Å².